The molecule has 122 valence electrons. The summed E-state index contributed by atoms with van der Waals surface area (Å²) < 4.78 is 10.6. The monoisotopic (exact) mass is 313 g/mol. The maximum atomic E-state index is 12.1. The van der Waals surface area contributed by atoms with Crippen molar-refractivity contribution in [3.63, 3.8) is 0 Å². The zero-order valence-corrected chi connectivity index (χ0v) is 13.7. The fourth-order valence-electron chi connectivity index (χ4n) is 2.27. The first kappa shape index (κ1) is 17.0. The first-order valence-electron chi connectivity index (χ1n) is 7.77. The summed E-state index contributed by atoms with van der Waals surface area (Å²) >= 11 is 0. The van der Waals surface area contributed by atoms with E-state index in [1.54, 1.807) is 7.11 Å². The minimum Gasteiger partial charge on any atom is -0.497 e. The van der Waals surface area contributed by atoms with Gasteiger partial charge in [-0.2, -0.15) is 0 Å². The molecule has 1 N–H and O–H groups in total. The normalized spacial score (nSPS) is 10.3. The highest BCUT2D eigenvalue weighted by Gasteiger charge is 2.06. The number of carbonyl (C=O) groups excluding carboxylic acids is 1. The van der Waals surface area contributed by atoms with Crippen LogP contribution in [0.1, 0.15) is 23.6 Å². The van der Waals surface area contributed by atoms with E-state index in [9.17, 15) is 4.79 Å². The molecular formula is C19H23NO3. The molecule has 0 aromatic heterocycles. The fourth-order valence-corrected chi connectivity index (χ4v) is 2.27. The van der Waals surface area contributed by atoms with Gasteiger partial charge in [0.25, 0.3) is 0 Å². The lowest BCUT2D eigenvalue weighted by molar-refractivity contribution is -0.120. The Morgan fingerprint density at radius 1 is 1.04 bits per heavy atom. The van der Waals surface area contributed by atoms with E-state index in [4.69, 9.17) is 9.47 Å². The first-order valence-corrected chi connectivity index (χ1v) is 7.77. The standard InChI is InChI=1S/C19H23NO3/c1-3-23-14-17-7-5-4-6-16(17)13-20-19(21)12-15-8-10-18(22-2)11-9-15/h4-11H,3,12-14H2,1-2H3,(H,20,21). The Labute approximate surface area is 137 Å². The van der Waals surface area contributed by atoms with Crippen LogP contribution in [0.3, 0.4) is 0 Å². The number of rotatable bonds is 8. The lowest BCUT2D eigenvalue weighted by atomic mass is 10.1. The van der Waals surface area contributed by atoms with Crippen LogP contribution in [0.2, 0.25) is 0 Å². The molecule has 0 fully saturated rings. The Morgan fingerprint density at radius 2 is 1.74 bits per heavy atom. The third-order valence-electron chi connectivity index (χ3n) is 3.58. The minimum atomic E-state index is 0.00128. The molecule has 4 heteroatoms. The van der Waals surface area contributed by atoms with E-state index in [0.717, 1.165) is 22.4 Å². The summed E-state index contributed by atoms with van der Waals surface area (Å²) in [5, 5.41) is 2.97. The summed E-state index contributed by atoms with van der Waals surface area (Å²) in [5.74, 6) is 0.792. The van der Waals surface area contributed by atoms with E-state index < -0.39 is 0 Å². The maximum Gasteiger partial charge on any atom is 0.224 e. The Hall–Kier alpha value is -2.33. The fraction of sp³-hybridized carbons (Fsp3) is 0.316. The SMILES string of the molecule is CCOCc1ccccc1CNC(=O)Cc1ccc(OC)cc1. The third-order valence-corrected chi connectivity index (χ3v) is 3.58. The number of carbonyl (C=O) groups is 1. The van der Waals surface area contributed by atoms with Gasteiger partial charge in [-0.3, -0.25) is 4.79 Å². The molecule has 1 amide bonds. The molecule has 2 rings (SSSR count). The molecule has 0 aliphatic rings. The number of benzene rings is 2. The molecule has 0 spiro atoms. The summed E-state index contributed by atoms with van der Waals surface area (Å²) in [7, 11) is 1.63. The largest absolute Gasteiger partial charge is 0.497 e. The number of amides is 1. The van der Waals surface area contributed by atoms with Crippen molar-refractivity contribution in [2.75, 3.05) is 13.7 Å². The third kappa shape index (κ3) is 5.42. The average molecular weight is 313 g/mol. The van der Waals surface area contributed by atoms with Gasteiger partial charge in [0, 0.05) is 13.2 Å². The molecule has 0 aliphatic carbocycles. The van der Waals surface area contributed by atoms with Crippen LogP contribution in [0.5, 0.6) is 5.75 Å². The highest BCUT2D eigenvalue weighted by molar-refractivity contribution is 5.78. The van der Waals surface area contributed by atoms with E-state index in [2.05, 4.69) is 5.32 Å². The van der Waals surface area contributed by atoms with Gasteiger partial charge < -0.3 is 14.8 Å². The number of ether oxygens (including phenoxy) is 2. The van der Waals surface area contributed by atoms with Crippen molar-refractivity contribution < 1.29 is 14.3 Å². The lowest BCUT2D eigenvalue weighted by Gasteiger charge is -2.11. The van der Waals surface area contributed by atoms with E-state index >= 15 is 0 Å². The lowest BCUT2D eigenvalue weighted by Crippen LogP contribution is -2.25. The second kappa shape index (κ2) is 8.96. The zero-order chi connectivity index (χ0) is 16.5. The predicted octanol–water partition coefficient (Wildman–Crippen LogP) is 3.09. The van der Waals surface area contributed by atoms with Crippen LogP contribution < -0.4 is 10.1 Å². The Bertz CT molecular complexity index is 623. The molecule has 0 heterocycles. The van der Waals surface area contributed by atoms with Gasteiger partial charge in [0.1, 0.15) is 5.75 Å². The molecule has 0 saturated heterocycles. The smallest absolute Gasteiger partial charge is 0.224 e. The second-order valence-electron chi connectivity index (χ2n) is 5.21. The van der Waals surface area contributed by atoms with Crippen molar-refractivity contribution in [2.24, 2.45) is 0 Å². The topological polar surface area (TPSA) is 47.6 Å². The van der Waals surface area contributed by atoms with E-state index in [1.165, 1.54) is 0 Å². The zero-order valence-electron chi connectivity index (χ0n) is 13.7. The summed E-state index contributed by atoms with van der Waals surface area (Å²) in [6, 6.07) is 15.5. The van der Waals surface area contributed by atoms with Crippen LogP contribution in [0.4, 0.5) is 0 Å². The highest BCUT2D eigenvalue weighted by atomic mass is 16.5. The van der Waals surface area contributed by atoms with Crippen molar-refractivity contribution in [3.05, 3.63) is 65.2 Å². The molecule has 23 heavy (non-hydrogen) atoms. The van der Waals surface area contributed by atoms with E-state index in [0.29, 0.717) is 26.2 Å². The average Bonchev–Trinajstić information content (AvgIpc) is 2.59. The first-order chi connectivity index (χ1) is 11.2. The molecule has 2 aromatic carbocycles. The number of nitrogens with one attached hydrogen (secondary N) is 1. The number of hydrogen-bond donors (Lipinski definition) is 1. The van der Waals surface area contributed by atoms with Crippen molar-refractivity contribution >= 4 is 5.91 Å². The highest BCUT2D eigenvalue weighted by Crippen LogP contribution is 2.12. The summed E-state index contributed by atoms with van der Waals surface area (Å²) in [6.45, 7) is 3.73. The molecule has 4 nitrogen and oxygen atoms in total. The van der Waals surface area contributed by atoms with Crippen LogP contribution in [0, 0.1) is 0 Å². The second-order valence-corrected chi connectivity index (χ2v) is 5.21. The van der Waals surface area contributed by atoms with Gasteiger partial charge >= 0.3 is 0 Å². The van der Waals surface area contributed by atoms with Crippen LogP contribution in [0.25, 0.3) is 0 Å². The summed E-state index contributed by atoms with van der Waals surface area (Å²) in [4.78, 5) is 12.1. The van der Waals surface area contributed by atoms with Gasteiger partial charge in [0.05, 0.1) is 20.1 Å². The van der Waals surface area contributed by atoms with Gasteiger partial charge in [0.2, 0.25) is 5.91 Å². The summed E-state index contributed by atoms with van der Waals surface area (Å²) in [6.07, 6.45) is 0.359. The number of hydrogen-bond acceptors (Lipinski definition) is 3. The van der Waals surface area contributed by atoms with Crippen LogP contribution in [0.15, 0.2) is 48.5 Å². The van der Waals surface area contributed by atoms with Crippen molar-refractivity contribution in [3.8, 4) is 5.75 Å². The summed E-state index contributed by atoms with van der Waals surface area (Å²) in [5.41, 5.74) is 3.16. The molecule has 0 bridgehead atoms. The number of methoxy groups -OCH3 is 1. The Kier molecular flexibility index (Phi) is 6.63. The molecule has 0 radical (unpaired) electrons. The van der Waals surface area contributed by atoms with E-state index in [1.807, 2.05) is 55.5 Å². The molecule has 2 aromatic rings. The maximum absolute atomic E-state index is 12.1. The molecular weight excluding hydrogens is 290 g/mol. The van der Waals surface area contributed by atoms with Crippen molar-refractivity contribution in [2.45, 2.75) is 26.5 Å². The van der Waals surface area contributed by atoms with Gasteiger partial charge in [-0.25, -0.2) is 0 Å². The minimum absolute atomic E-state index is 0.00128. The van der Waals surface area contributed by atoms with Gasteiger partial charge in [-0.15, -0.1) is 0 Å². The predicted molar refractivity (Wildman–Crippen MR) is 90.3 cm³/mol. The molecule has 0 unspecified atom stereocenters. The Morgan fingerprint density at radius 3 is 2.39 bits per heavy atom. The van der Waals surface area contributed by atoms with Gasteiger partial charge in [-0.05, 0) is 35.7 Å². The van der Waals surface area contributed by atoms with Crippen molar-refractivity contribution in [1.29, 1.82) is 0 Å². The quantitative estimate of drug-likeness (QED) is 0.814. The molecule has 0 aliphatic heterocycles. The van der Waals surface area contributed by atoms with Crippen molar-refractivity contribution in [1.82, 2.24) is 5.32 Å². The van der Waals surface area contributed by atoms with Crippen LogP contribution in [-0.4, -0.2) is 19.6 Å². The van der Waals surface area contributed by atoms with Gasteiger partial charge in [-0.1, -0.05) is 36.4 Å². The molecule has 0 atom stereocenters. The van der Waals surface area contributed by atoms with Gasteiger partial charge in [0.15, 0.2) is 0 Å². The van der Waals surface area contributed by atoms with Crippen LogP contribution >= 0.6 is 0 Å². The van der Waals surface area contributed by atoms with Crippen LogP contribution in [-0.2, 0) is 29.1 Å². The van der Waals surface area contributed by atoms with E-state index in [-0.39, 0.29) is 5.91 Å². The molecule has 0 saturated carbocycles. The Balaban J connectivity index is 1.88.